The first-order valence-electron chi connectivity index (χ1n) is 6.55. The fraction of sp³-hybridized carbons (Fsp3) is 0.0588. The van der Waals surface area contributed by atoms with Crippen molar-refractivity contribution in [3.05, 3.63) is 71.2 Å². The highest BCUT2D eigenvalue weighted by Crippen LogP contribution is 2.21. The maximum absolute atomic E-state index is 11.7. The summed E-state index contributed by atoms with van der Waals surface area (Å²) in [4.78, 5) is 16.1. The summed E-state index contributed by atoms with van der Waals surface area (Å²) in [5.74, 6) is -0.363. The molecular formula is C17H13NO2S. The number of ether oxygens (including phenoxy) is 1. The average molecular weight is 295 g/mol. The van der Waals surface area contributed by atoms with Crippen molar-refractivity contribution >= 4 is 33.6 Å². The molecule has 0 bridgehead atoms. The van der Waals surface area contributed by atoms with E-state index in [2.05, 4.69) is 4.98 Å². The number of esters is 1. The molecule has 3 rings (SSSR count). The fourth-order valence-electron chi connectivity index (χ4n) is 1.89. The molecule has 0 aliphatic carbocycles. The topological polar surface area (TPSA) is 39.2 Å². The molecule has 0 fully saturated rings. The van der Waals surface area contributed by atoms with E-state index in [4.69, 9.17) is 4.74 Å². The predicted molar refractivity (Wildman–Crippen MR) is 84.9 cm³/mol. The van der Waals surface area contributed by atoms with Gasteiger partial charge < -0.3 is 4.74 Å². The first kappa shape index (κ1) is 13.5. The summed E-state index contributed by atoms with van der Waals surface area (Å²) in [5.41, 5.74) is 1.91. The third kappa shape index (κ3) is 3.55. The van der Waals surface area contributed by atoms with Gasteiger partial charge >= 0.3 is 5.97 Å². The quantitative estimate of drug-likeness (QED) is 0.538. The van der Waals surface area contributed by atoms with Crippen LogP contribution in [-0.4, -0.2) is 11.0 Å². The number of hydrogen-bond acceptors (Lipinski definition) is 4. The number of hydrogen-bond donors (Lipinski definition) is 0. The van der Waals surface area contributed by atoms with Crippen molar-refractivity contribution in [1.29, 1.82) is 0 Å². The largest absolute Gasteiger partial charge is 0.455 e. The Balaban J connectivity index is 1.59. The Bertz CT molecular complexity index is 745. The van der Waals surface area contributed by atoms with Crippen LogP contribution in [-0.2, 0) is 16.1 Å². The Kier molecular flexibility index (Phi) is 4.07. The van der Waals surface area contributed by atoms with E-state index in [1.165, 1.54) is 6.08 Å². The van der Waals surface area contributed by atoms with Gasteiger partial charge in [0, 0.05) is 6.08 Å². The van der Waals surface area contributed by atoms with Crippen LogP contribution in [0.3, 0.4) is 0 Å². The summed E-state index contributed by atoms with van der Waals surface area (Å²) in [6.07, 6.45) is 3.17. The van der Waals surface area contributed by atoms with Gasteiger partial charge in [-0.1, -0.05) is 42.5 Å². The maximum Gasteiger partial charge on any atom is 0.331 e. The second-order valence-corrected chi connectivity index (χ2v) is 5.54. The van der Waals surface area contributed by atoms with Gasteiger partial charge in [0.2, 0.25) is 0 Å². The van der Waals surface area contributed by atoms with Gasteiger partial charge in [-0.15, -0.1) is 11.3 Å². The lowest BCUT2D eigenvalue weighted by atomic mass is 10.2. The fourth-order valence-corrected chi connectivity index (χ4v) is 2.77. The van der Waals surface area contributed by atoms with Gasteiger partial charge in [0.05, 0.1) is 10.2 Å². The van der Waals surface area contributed by atoms with Crippen LogP contribution in [0.25, 0.3) is 16.3 Å². The van der Waals surface area contributed by atoms with E-state index in [0.29, 0.717) is 0 Å². The van der Waals surface area contributed by atoms with Crippen LogP contribution in [0.2, 0.25) is 0 Å². The van der Waals surface area contributed by atoms with Crippen molar-refractivity contribution in [2.45, 2.75) is 6.61 Å². The first-order valence-corrected chi connectivity index (χ1v) is 7.37. The van der Waals surface area contributed by atoms with Crippen LogP contribution < -0.4 is 0 Å². The second kappa shape index (κ2) is 6.33. The average Bonchev–Trinajstić information content (AvgIpc) is 2.95. The van der Waals surface area contributed by atoms with E-state index in [1.54, 1.807) is 17.4 Å². The highest BCUT2D eigenvalue weighted by atomic mass is 32.1. The summed E-state index contributed by atoms with van der Waals surface area (Å²) >= 11 is 1.54. The Morgan fingerprint density at radius 2 is 1.86 bits per heavy atom. The molecule has 0 saturated heterocycles. The summed E-state index contributed by atoms with van der Waals surface area (Å²) in [6, 6.07) is 17.5. The van der Waals surface area contributed by atoms with Crippen LogP contribution in [0.1, 0.15) is 10.6 Å². The van der Waals surface area contributed by atoms with E-state index in [-0.39, 0.29) is 12.6 Å². The standard InChI is InChI=1S/C17H13NO2S/c19-17(11-10-13-6-2-1-3-7-13)20-12-16-18-14-8-4-5-9-15(14)21-16/h1-11H,12H2. The molecule has 4 heteroatoms. The lowest BCUT2D eigenvalue weighted by molar-refractivity contribution is -0.138. The molecule has 0 saturated carbocycles. The van der Waals surface area contributed by atoms with Gasteiger partial charge in [0.25, 0.3) is 0 Å². The van der Waals surface area contributed by atoms with Crippen LogP contribution in [0, 0.1) is 0 Å². The SMILES string of the molecule is O=C(C=Cc1ccccc1)OCc1nc2ccccc2s1. The Labute approximate surface area is 126 Å². The molecule has 1 heterocycles. The summed E-state index contributed by atoms with van der Waals surface area (Å²) < 4.78 is 6.30. The lowest BCUT2D eigenvalue weighted by Crippen LogP contribution is -2.00. The van der Waals surface area contributed by atoms with Gasteiger partial charge in [0.1, 0.15) is 11.6 Å². The lowest BCUT2D eigenvalue weighted by Gasteiger charge is -1.97. The van der Waals surface area contributed by atoms with Gasteiger partial charge in [-0.05, 0) is 23.8 Å². The van der Waals surface area contributed by atoms with Crippen LogP contribution in [0.15, 0.2) is 60.7 Å². The molecule has 0 N–H and O–H groups in total. The van der Waals surface area contributed by atoms with Crippen LogP contribution >= 0.6 is 11.3 Å². The Morgan fingerprint density at radius 1 is 1.10 bits per heavy atom. The normalized spacial score (nSPS) is 11.0. The summed E-state index contributed by atoms with van der Waals surface area (Å²) in [6.45, 7) is 0.206. The van der Waals surface area contributed by atoms with Crippen molar-refractivity contribution in [3.8, 4) is 0 Å². The third-order valence-corrected chi connectivity index (χ3v) is 3.90. The monoisotopic (exact) mass is 295 g/mol. The molecule has 1 aromatic heterocycles. The first-order chi connectivity index (χ1) is 10.3. The Morgan fingerprint density at radius 3 is 2.67 bits per heavy atom. The molecular weight excluding hydrogens is 282 g/mol. The molecule has 0 spiro atoms. The number of rotatable bonds is 4. The molecule has 2 aromatic carbocycles. The number of aromatic nitrogens is 1. The summed E-state index contributed by atoms with van der Waals surface area (Å²) in [7, 11) is 0. The maximum atomic E-state index is 11.7. The van der Waals surface area contributed by atoms with E-state index >= 15 is 0 Å². The van der Waals surface area contributed by atoms with E-state index in [0.717, 1.165) is 20.8 Å². The molecule has 21 heavy (non-hydrogen) atoms. The summed E-state index contributed by atoms with van der Waals surface area (Å²) in [5, 5.41) is 0.803. The minimum Gasteiger partial charge on any atom is -0.455 e. The molecule has 0 unspecified atom stereocenters. The van der Waals surface area contributed by atoms with Crippen molar-refractivity contribution in [1.82, 2.24) is 4.98 Å². The molecule has 0 atom stereocenters. The van der Waals surface area contributed by atoms with Gasteiger partial charge in [-0.25, -0.2) is 9.78 Å². The predicted octanol–water partition coefficient (Wildman–Crippen LogP) is 4.05. The van der Waals surface area contributed by atoms with Gasteiger partial charge in [-0.3, -0.25) is 0 Å². The Hall–Kier alpha value is -2.46. The highest BCUT2D eigenvalue weighted by molar-refractivity contribution is 7.18. The second-order valence-electron chi connectivity index (χ2n) is 4.43. The van der Waals surface area contributed by atoms with E-state index < -0.39 is 0 Å². The zero-order valence-corrected chi connectivity index (χ0v) is 12.0. The number of carbonyl (C=O) groups is 1. The number of para-hydroxylation sites is 1. The highest BCUT2D eigenvalue weighted by Gasteiger charge is 2.05. The molecule has 0 aliphatic rings. The van der Waals surface area contributed by atoms with Crippen molar-refractivity contribution in [2.75, 3.05) is 0 Å². The van der Waals surface area contributed by atoms with Crippen molar-refractivity contribution in [3.63, 3.8) is 0 Å². The number of nitrogens with zero attached hydrogens (tertiary/aromatic N) is 1. The number of fused-ring (bicyclic) bond motifs is 1. The minimum absolute atomic E-state index is 0.206. The van der Waals surface area contributed by atoms with Crippen molar-refractivity contribution in [2.24, 2.45) is 0 Å². The number of benzene rings is 2. The zero-order chi connectivity index (χ0) is 14.5. The van der Waals surface area contributed by atoms with Crippen LogP contribution in [0.5, 0.6) is 0 Å². The third-order valence-electron chi connectivity index (χ3n) is 2.89. The van der Waals surface area contributed by atoms with Crippen LogP contribution in [0.4, 0.5) is 0 Å². The van der Waals surface area contributed by atoms with Gasteiger partial charge in [-0.2, -0.15) is 0 Å². The smallest absolute Gasteiger partial charge is 0.331 e. The number of carbonyl (C=O) groups excluding carboxylic acids is 1. The molecule has 0 aliphatic heterocycles. The van der Waals surface area contributed by atoms with E-state index in [9.17, 15) is 4.79 Å². The molecule has 0 radical (unpaired) electrons. The van der Waals surface area contributed by atoms with Gasteiger partial charge in [0.15, 0.2) is 0 Å². The zero-order valence-electron chi connectivity index (χ0n) is 11.2. The molecule has 104 valence electrons. The van der Waals surface area contributed by atoms with Crippen molar-refractivity contribution < 1.29 is 9.53 Å². The molecule has 3 aromatic rings. The number of thiazole rings is 1. The molecule has 3 nitrogen and oxygen atoms in total. The van der Waals surface area contributed by atoms with E-state index in [1.807, 2.05) is 54.6 Å². The minimum atomic E-state index is -0.363. The molecule has 0 amide bonds.